The monoisotopic (exact) mass is 396 g/mol. The van der Waals surface area contributed by atoms with Crippen molar-refractivity contribution in [2.24, 2.45) is 9.63 Å². The highest BCUT2D eigenvalue weighted by Gasteiger charge is 2.14. The molecular formula is C17H20N2O5S2. The Labute approximate surface area is 157 Å². The van der Waals surface area contributed by atoms with Crippen molar-refractivity contribution in [1.82, 2.24) is 0 Å². The van der Waals surface area contributed by atoms with Gasteiger partial charge in [0.15, 0.2) is 0 Å². The minimum atomic E-state index is -4.59. The lowest BCUT2D eigenvalue weighted by atomic mass is 10.2. The minimum Gasteiger partial charge on any atom is -0.493 e. The van der Waals surface area contributed by atoms with E-state index in [1.165, 1.54) is 11.8 Å². The summed E-state index contributed by atoms with van der Waals surface area (Å²) in [6.45, 7) is 6.44. The zero-order chi connectivity index (χ0) is 19.2. The van der Waals surface area contributed by atoms with Crippen LogP contribution in [-0.4, -0.2) is 26.2 Å². The molecule has 1 N–H and O–H groups in total. The summed E-state index contributed by atoms with van der Waals surface area (Å²) in [5, 5.41) is 3.57. The van der Waals surface area contributed by atoms with Gasteiger partial charge in [-0.15, -0.1) is 5.11 Å². The number of benzene rings is 2. The van der Waals surface area contributed by atoms with E-state index in [9.17, 15) is 8.42 Å². The van der Waals surface area contributed by atoms with E-state index in [-0.39, 0.29) is 5.69 Å². The molecule has 0 unspecified atom stereocenters. The second-order valence-corrected chi connectivity index (χ2v) is 7.35. The lowest BCUT2D eigenvalue weighted by Crippen LogP contribution is -1.97. The molecule has 0 heterocycles. The molecule has 9 heteroatoms. The molecule has 0 saturated heterocycles. The first-order valence-electron chi connectivity index (χ1n) is 7.91. The Morgan fingerprint density at radius 2 is 1.65 bits per heavy atom. The lowest BCUT2D eigenvalue weighted by molar-refractivity contribution is 0.324. The van der Waals surface area contributed by atoms with Gasteiger partial charge >= 0.3 is 10.3 Å². The summed E-state index contributed by atoms with van der Waals surface area (Å²) < 4.78 is 44.5. The highest BCUT2D eigenvalue weighted by molar-refractivity contribution is 7.99. The van der Waals surface area contributed by atoms with Gasteiger partial charge in [0, 0.05) is 17.0 Å². The van der Waals surface area contributed by atoms with Gasteiger partial charge in [-0.1, -0.05) is 29.5 Å². The highest BCUT2D eigenvalue weighted by Crippen LogP contribution is 2.43. The summed E-state index contributed by atoms with van der Waals surface area (Å²) in [7, 11) is -4.59. The largest absolute Gasteiger partial charge is 0.493 e. The van der Waals surface area contributed by atoms with Crippen LogP contribution in [0.15, 0.2) is 55.8 Å². The Kier molecular flexibility index (Phi) is 7.01. The molecule has 0 spiro atoms. The Morgan fingerprint density at radius 3 is 2.23 bits per heavy atom. The molecule has 26 heavy (non-hydrogen) atoms. The van der Waals surface area contributed by atoms with Gasteiger partial charge in [0.2, 0.25) is 0 Å². The van der Waals surface area contributed by atoms with Crippen LogP contribution in [0.3, 0.4) is 0 Å². The van der Waals surface area contributed by atoms with E-state index in [1.54, 1.807) is 19.1 Å². The van der Waals surface area contributed by atoms with Gasteiger partial charge in [-0.05, 0) is 37.4 Å². The molecule has 0 aromatic heterocycles. The Bertz CT molecular complexity index is 881. The summed E-state index contributed by atoms with van der Waals surface area (Å²) in [6, 6.07) is 11.3. The van der Waals surface area contributed by atoms with Crippen LogP contribution in [0.2, 0.25) is 0 Å². The zero-order valence-corrected chi connectivity index (χ0v) is 16.3. The first kappa shape index (κ1) is 20.2. The maximum Gasteiger partial charge on any atom is 0.396 e. The summed E-state index contributed by atoms with van der Waals surface area (Å²) in [4.78, 5) is 1.82. The molecule has 0 radical (unpaired) electrons. The summed E-state index contributed by atoms with van der Waals surface area (Å²) in [5.41, 5.74) is 1.32. The van der Waals surface area contributed by atoms with Crippen molar-refractivity contribution in [3.63, 3.8) is 0 Å². The van der Waals surface area contributed by atoms with Crippen LogP contribution in [0, 0.1) is 6.92 Å². The average Bonchev–Trinajstić information content (AvgIpc) is 2.57. The number of rotatable bonds is 8. The van der Waals surface area contributed by atoms with Gasteiger partial charge in [-0.2, -0.15) is 8.42 Å². The topological polar surface area (TPSA) is 97.5 Å². The Balaban J connectivity index is 2.47. The maximum atomic E-state index is 10.8. The number of hydrogen-bond acceptors (Lipinski definition) is 6. The van der Waals surface area contributed by atoms with E-state index in [4.69, 9.17) is 14.0 Å². The molecule has 2 aromatic rings. The summed E-state index contributed by atoms with van der Waals surface area (Å²) >= 11 is 1.49. The van der Waals surface area contributed by atoms with Crippen LogP contribution in [-0.2, 0) is 10.3 Å². The Hall–Kier alpha value is -2.10. The molecule has 0 aliphatic carbocycles. The fourth-order valence-electron chi connectivity index (χ4n) is 2.06. The van der Waals surface area contributed by atoms with Gasteiger partial charge in [0.1, 0.15) is 17.2 Å². The van der Waals surface area contributed by atoms with E-state index in [1.807, 2.05) is 38.1 Å². The molecule has 0 atom stereocenters. The van der Waals surface area contributed by atoms with Gasteiger partial charge in [0.25, 0.3) is 0 Å². The van der Waals surface area contributed by atoms with Crippen LogP contribution in [0.4, 0.5) is 5.69 Å². The number of aryl methyl sites for hydroxylation is 1. The summed E-state index contributed by atoms with van der Waals surface area (Å²) in [6.07, 6.45) is 0. The van der Waals surface area contributed by atoms with Crippen LogP contribution in [0.25, 0.3) is 0 Å². The predicted octanol–water partition coefficient (Wildman–Crippen LogP) is 4.83. The van der Waals surface area contributed by atoms with Gasteiger partial charge in [-0.25, -0.2) is 0 Å². The predicted molar refractivity (Wildman–Crippen MR) is 100 cm³/mol. The fourth-order valence-corrected chi connectivity index (χ4v) is 3.16. The number of ether oxygens (including phenoxy) is 2. The molecule has 0 fully saturated rings. The molecule has 7 nitrogen and oxygen atoms in total. The smallest absolute Gasteiger partial charge is 0.396 e. The number of nitrogens with zero attached hydrogens (tertiary/aromatic N) is 2. The molecule has 2 rings (SSSR count). The van der Waals surface area contributed by atoms with Crippen molar-refractivity contribution in [2.75, 3.05) is 13.2 Å². The van der Waals surface area contributed by atoms with Crippen LogP contribution < -0.4 is 9.47 Å². The van der Waals surface area contributed by atoms with Crippen molar-refractivity contribution in [1.29, 1.82) is 0 Å². The third-order valence-electron chi connectivity index (χ3n) is 3.13. The molecule has 2 aromatic carbocycles. The van der Waals surface area contributed by atoms with E-state index in [0.717, 1.165) is 15.4 Å². The first-order valence-corrected chi connectivity index (χ1v) is 10.1. The summed E-state index contributed by atoms with van der Waals surface area (Å²) in [5.74, 6) is 0.865. The average molecular weight is 396 g/mol. The van der Waals surface area contributed by atoms with Crippen molar-refractivity contribution < 1.29 is 22.4 Å². The third kappa shape index (κ3) is 6.01. The number of hydrogen-bond donors (Lipinski definition) is 1. The van der Waals surface area contributed by atoms with Gasteiger partial charge < -0.3 is 9.47 Å². The molecule has 140 valence electrons. The lowest BCUT2D eigenvalue weighted by Gasteiger charge is -2.14. The molecule has 0 aliphatic rings. The van der Waals surface area contributed by atoms with Crippen molar-refractivity contribution in [3.05, 3.63) is 42.0 Å². The second kappa shape index (κ2) is 9.02. The second-order valence-electron chi connectivity index (χ2n) is 5.18. The van der Waals surface area contributed by atoms with E-state index in [0.29, 0.717) is 24.7 Å². The van der Waals surface area contributed by atoms with Crippen molar-refractivity contribution >= 4 is 27.8 Å². The molecule has 0 bridgehead atoms. The van der Waals surface area contributed by atoms with Crippen molar-refractivity contribution in [3.8, 4) is 11.5 Å². The fraction of sp³-hybridized carbons (Fsp3) is 0.294. The third-order valence-corrected chi connectivity index (χ3v) is 4.46. The van der Waals surface area contributed by atoms with Crippen LogP contribution in [0.5, 0.6) is 11.5 Å². The maximum absolute atomic E-state index is 10.8. The van der Waals surface area contributed by atoms with Crippen LogP contribution in [0.1, 0.15) is 19.4 Å². The van der Waals surface area contributed by atoms with Gasteiger partial charge in [-0.3, -0.25) is 4.55 Å². The molecular weight excluding hydrogens is 376 g/mol. The van der Waals surface area contributed by atoms with Crippen molar-refractivity contribution in [2.45, 2.75) is 30.6 Å². The van der Waals surface area contributed by atoms with Crippen LogP contribution >= 0.6 is 11.8 Å². The van der Waals surface area contributed by atoms with Gasteiger partial charge in [0.05, 0.1) is 18.1 Å². The standard InChI is InChI=1S/C17H20N2O5S2/c1-4-23-15-11-17(25-13-8-6-12(3)7-9-13)16(24-5-2)10-14(15)18-19-26(20,21)22/h6-11H,4-5H2,1-3H3,(H,20,21,22). The SMILES string of the molecule is CCOc1cc(Sc2ccc(C)cc2)c(OCC)cc1N=NS(=O)(=O)O. The van der Waals surface area contributed by atoms with E-state index in [2.05, 4.69) is 9.63 Å². The molecule has 0 aliphatic heterocycles. The quantitative estimate of drug-likeness (QED) is 0.507. The van der Waals surface area contributed by atoms with E-state index < -0.39 is 10.3 Å². The normalized spacial score (nSPS) is 11.7. The zero-order valence-electron chi connectivity index (χ0n) is 14.7. The first-order chi connectivity index (χ1) is 12.3. The highest BCUT2D eigenvalue weighted by atomic mass is 32.2. The minimum absolute atomic E-state index is 0.154. The van der Waals surface area contributed by atoms with E-state index >= 15 is 0 Å². The Morgan fingerprint density at radius 1 is 1.04 bits per heavy atom. The molecule has 0 saturated carbocycles. The molecule has 0 amide bonds.